The van der Waals surface area contributed by atoms with Crippen molar-refractivity contribution in [3.8, 4) is 11.5 Å². The minimum Gasteiger partial charge on any atom is -0.420 e. The van der Waals surface area contributed by atoms with Crippen molar-refractivity contribution in [3.63, 3.8) is 0 Å². The number of hydrogen-bond acceptors (Lipinski definition) is 7. The maximum absolute atomic E-state index is 12.7. The molecular formula is C18H16N4O4S. The van der Waals surface area contributed by atoms with Crippen LogP contribution in [0.15, 0.2) is 45.5 Å². The zero-order valence-corrected chi connectivity index (χ0v) is 15.1. The van der Waals surface area contributed by atoms with Crippen LogP contribution in [0.1, 0.15) is 35.0 Å². The van der Waals surface area contributed by atoms with E-state index >= 15 is 0 Å². The van der Waals surface area contributed by atoms with Crippen LogP contribution in [0.5, 0.6) is 0 Å². The fraction of sp³-hybridized carbons (Fsp3) is 0.278. The number of nitrogens with zero attached hydrogens (tertiary/aromatic N) is 4. The Bertz CT molecular complexity index is 952. The molecule has 1 aliphatic heterocycles. The number of nitro benzene ring substituents is 1. The van der Waals surface area contributed by atoms with Gasteiger partial charge in [0.25, 0.3) is 11.6 Å². The van der Waals surface area contributed by atoms with Crippen LogP contribution in [0.4, 0.5) is 5.69 Å². The summed E-state index contributed by atoms with van der Waals surface area (Å²) in [7, 11) is 0. The number of amides is 1. The SMILES string of the molecule is O=C(c1ccc([N+](=O)[O-])cc1)N1CCCC(c2nnc(-c3ccsc3)o2)C1. The minimum atomic E-state index is -0.480. The van der Waals surface area contributed by atoms with E-state index < -0.39 is 4.92 Å². The van der Waals surface area contributed by atoms with Crippen LogP contribution in [0.3, 0.4) is 0 Å². The Morgan fingerprint density at radius 1 is 1.26 bits per heavy atom. The van der Waals surface area contributed by atoms with Crippen molar-refractivity contribution in [2.24, 2.45) is 0 Å². The molecule has 0 N–H and O–H groups in total. The van der Waals surface area contributed by atoms with Crippen molar-refractivity contribution in [2.45, 2.75) is 18.8 Å². The van der Waals surface area contributed by atoms with E-state index in [9.17, 15) is 14.9 Å². The first-order chi connectivity index (χ1) is 13.1. The Morgan fingerprint density at radius 2 is 2.07 bits per heavy atom. The Morgan fingerprint density at radius 3 is 2.78 bits per heavy atom. The van der Waals surface area contributed by atoms with Crippen LogP contribution in [-0.4, -0.2) is 39.0 Å². The molecule has 27 heavy (non-hydrogen) atoms. The molecule has 2 aromatic heterocycles. The number of rotatable bonds is 4. The lowest BCUT2D eigenvalue weighted by molar-refractivity contribution is -0.384. The number of aromatic nitrogens is 2. The number of carbonyl (C=O) groups is 1. The highest BCUT2D eigenvalue weighted by Crippen LogP contribution is 2.29. The standard InChI is InChI=1S/C18H16N4O4S/c23-18(12-3-5-15(6-4-12)22(24)25)21-8-1-2-13(10-21)16-19-20-17(26-16)14-7-9-27-11-14/h3-7,9,11,13H,1-2,8,10H2. The topological polar surface area (TPSA) is 102 Å². The van der Waals surface area contributed by atoms with E-state index in [1.165, 1.54) is 24.3 Å². The summed E-state index contributed by atoms with van der Waals surface area (Å²) >= 11 is 1.56. The van der Waals surface area contributed by atoms with Gasteiger partial charge in [0.2, 0.25) is 11.8 Å². The molecule has 1 unspecified atom stereocenters. The van der Waals surface area contributed by atoms with Gasteiger partial charge in [0, 0.05) is 41.7 Å². The quantitative estimate of drug-likeness (QED) is 0.502. The van der Waals surface area contributed by atoms with E-state index in [2.05, 4.69) is 10.2 Å². The van der Waals surface area contributed by atoms with Gasteiger partial charge in [-0.1, -0.05) is 0 Å². The second kappa shape index (κ2) is 7.28. The average Bonchev–Trinajstić information content (AvgIpc) is 3.39. The van der Waals surface area contributed by atoms with E-state index in [0.29, 0.717) is 30.4 Å². The maximum Gasteiger partial charge on any atom is 0.269 e. The molecule has 0 saturated carbocycles. The molecule has 3 aromatic rings. The predicted octanol–water partition coefficient (Wildman–Crippen LogP) is 3.73. The number of likely N-dealkylation sites (tertiary alicyclic amines) is 1. The first kappa shape index (κ1) is 17.3. The summed E-state index contributed by atoms with van der Waals surface area (Å²) in [5, 5.41) is 22.9. The first-order valence-corrected chi connectivity index (χ1v) is 9.46. The zero-order valence-electron chi connectivity index (χ0n) is 14.3. The van der Waals surface area contributed by atoms with Crippen LogP contribution in [-0.2, 0) is 0 Å². The van der Waals surface area contributed by atoms with Crippen molar-refractivity contribution in [2.75, 3.05) is 13.1 Å². The van der Waals surface area contributed by atoms with Gasteiger partial charge in [0.15, 0.2) is 0 Å². The monoisotopic (exact) mass is 384 g/mol. The normalized spacial score (nSPS) is 17.0. The lowest BCUT2D eigenvalue weighted by Crippen LogP contribution is -2.39. The van der Waals surface area contributed by atoms with Gasteiger partial charge in [-0.15, -0.1) is 10.2 Å². The van der Waals surface area contributed by atoms with Gasteiger partial charge >= 0.3 is 0 Å². The number of carbonyl (C=O) groups excluding carboxylic acids is 1. The molecule has 1 atom stereocenters. The van der Waals surface area contributed by atoms with Crippen LogP contribution in [0.25, 0.3) is 11.5 Å². The molecule has 0 spiro atoms. The number of nitro groups is 1. The molecule has 8 nitrogen and oxygen atoms in total. The number of piperidine rings is 1. The minimum absolute atomic E-state index is 0.0133. The third kappa shape index (κ3) is 3.59. The van der Waals surface area contributed by atoms with Gasteiger partial charge < -0.3 is 9.32 Å². The summed E-state index contributed by atoms with van der Waals surface area (Å²) in [6.07, 6.45) is 1.70. The summed E-state index contributed by atoms with van der Waals surface area (Å²) in [5.41, 5.74) is 1.30. The Balaban J connectivity index is 1.47. The molecule has 9 heteroatoms. The van der Waals surface area contributed by atoms with Gasteiger partial charge in [0.05, 0.1) is 10.8 Å². The van der Waals surface area contributed by atoms with E-state index in [4.69, 9.17) is 4.42 Å². The van der Waals surface area contributed by atoms with Crippen molar-refractivity contribution in [1.29, 1.82) is 0 Å². The van der Waals surface area contributed by atoms with Crippen LogP contribution < -0.4 is 0 Å². The van der Waals surface area contributed by atoms with Gasteiger partial charge in [-0.2, -0.15) is 11.3 Å². The number of non-ortho nitro benzene ring substituents is 1. The van der Waals surface area contributed by atoms with Crippen molar-refractivity contribution in [3.05, 3.63) is 62.7 Å². The van der Waals surface area contributed by atoms with Gasteiger partial charge in [-0.05, 0) is 36.4 Å². The highest BCUT2D eigenvalue weighted by Gasteiger charge is 2.29. The van der Waals surface area contributed by atoms with Gasteiger partial charge in [0.1, 0.15) is 0 Å². The average molecular weight is 384 g/mol. The van der Waals surface area contributed by atoms with Crippen LogP contribution in [0, 0.1) is 10.1 Å². The second-order valence-electron chi connectivity index (χ2n) is 6.35. The van der Waals surface area contributed by atoms with Gasteiger partial charge in [-0.25, -0.2) is 0 Å². The third-order valence-electron chi connectivity index (χ3n) is 4.59. The van der Waals surface area contributed by atoms with E-state index in [-0.39, 0.29) is 17.5 Å². The van der Waals surface area contributed by atoms with Crippen LogP contribution >= 0.6 is 11.3 Å². The van der Waals surface area contributed by atoms with Crippen LogP contribution in [0.2, 0.25) is 0 Å². The predicted molar refractivity (Wildman–Crippen MR) is 98.6 cm³/mol. The van der Waals surface area contributed by atoms with E-state index in [1.54, 1.807) is 16.2 Å². The summed E-state index contributed by atoms with van der Waals surface area (Å²) in [4.78, 5) is 24.8. The third-order valence-corrected chi connectivity index (χ3v) is 5.27. The molecule has 3 heterocycles. The molecule has 1 fully saturated rings. The number of hydrogen-bond donors (Lipinski definition) is 0. The van der Waals surface area contributed by atoms with Crippen molar-refractivity contribution >= 4 is 22.9 Å². The molecule has 138 valence electrons. The van der Waals surface area contributed by atoms with Crippen molar-refractivity contribution < 1.29 is 14.1 Å². The lowest BCUT2D eigenvalue weighted by Gasteiger charge is -2.31. The lowest BCUT2D eigenvalue weighted by atomic mass is 9.97. The Labute approximate surface area is 158 Å². The smallest absolute Gasteiger partial charge is 0.269 e. The van der Waals surface area contributed by atoms with Gasteiger partial charge in [-0.3, -0.25) is 14.9 Å². The molecule has 1 aliphatic rings. The molecular weight excluding hydrogens is 368 g/mol. The summed E-state index contributed by atoms with van der Waals surface area (Å²) in [6.45, 7) is 1.12. The number of thiophene rings is 1. The molecule has 4 rings (SSSR count). The molecule has 1 amide bonds. The second-order valence-corrected chi connectivity index (χ2v) is 7.13. The van der Waals surface area contributed by atoms with Crippen molar-refractivity contribution in [1.82, 2.24) is 15.1 Å². The Hall–Kier alpha value is -3.07. The highest BCUT2D eigenvalue weighted by molar-refractivity contribution is 7.08. The summed E-state index contributed by atoms with van der Waals surface area (Å²) in [5.74, 6) is 0.871. The summed E-state index contributed by atoms with van der Waals surface area (Å²) in [6, 6.07) is 7.60. The summed E-state index contributed by atoms with van der Waals surface area (Å²) < 4.78 is 5.81. The maximum atomic E-state index is 12.7. The molecule has 1 aromatic carbocycles. The van der Waals surface area contributed by atoms with E-state index in [0.717, 1.165) is 18.4 Å². The highest BCUT2D eigenvalue weighted by atomic mass is 32.1. The Kier molecular flexibility index (Phi) is 4.68. The first-order valence-electron chi connectivity index (χ1n) is 8.51. The fourth-order valence-electron chi connectivity index (χ4n) is 3.17. The largest absolute Gasteiger partial charge is 0.420 e. The molecule has 0 aliphatic carbocycles. The van der Waals surface area contributed by atoms with E-state index in [1.807, 2.05) is 16.8 Å². The molecule has 0 bridgehead atoms. The molecule has 1 saturated heterocycles. The molecule has 0 radical (unpaired) electrons. The number of benzene rings is 1. The fourth-order valence-corrected chi connectivity index (χ4v) is 3.80. The zero-order chi connectivity index (χ0) is 18.8.